The number of methoxy groups -OCH3 is 1. The van der Waals surface area contributed by atoms with Crippen molar-refractivity contribution in [1.82, 2.24) is 14.5 Å². The SMILES string of the molecule is COc1cc(C)c(S(=O)(=O)N(C)CCc2cc(C(=O)NCc3cccc(CN4CCCC4)c3)co2)c(C)c1. The summed E-state index contributed by atoms with van der Waals surface area (Å²) >= 11 is 0. The van der Waals surface area contributed by atoms with Gasteiger partial charge in [-0.25, -0.2) is 12.7 Å². The summed E-state index contributed by atoms with van der Waals surface area (Å²) in [5, 5.41) is 2.95. The van der Waals surface area contributed by atoms with Crippen molar-refractivity contribution in [3.63, 3.8) is 0 Å². The largest absolute Gasteiger partial charge is 0.497 e. The van der Waals surface area contributed by atoms with Crippen molar-refractivity contribution < 1.29 is 22.4 Å². The Morgan fingerprint density at radius 2 is 1.76 bits per heavy atom. The molecule has 1 fully saturated rings. The van der Waals surface area contributed by atoms with Gasteiger partial charge in [-0.05, 0) is 80.2 Å². The highest BCUT2D eigenvalue weighted by molar-refractivity contribution is 7.89. The molecule has 0 aliphatic carbocycles. The number of nitrogens with one attached hydrogen (secondary N) is 1. The van der Waals surface area contributed by atoms with Crippen LogP contribution in [0.3, 0.4) is 0 Å². The molecule has 1 N–H and O–H groups in total. The van der Waals surface area contributed by atoms with Gasteiger partial charge in [0, 0.05) is 33.1 Å². The molecule has 204 valence electrons. The Balaban J connectivity index is 1.31. The van der Waals surface area contributed by atoms with Gasteiger partial charge >= 0.3 is 0 Å². The first kappa shape index (κ1) is 27.9. The van der Waals surface area contributed by atoms with E-state index < -0.39 is 10.0 Å². The average Bonchev–Trinajstić information content (AvgIpc) is 3.58. The van der Waals surface area contributed by atoms with Crippen LogP contribution in [0.2, 0.25) is 0 Å². The number of likely N-dealkylation sites (tertiary alicyclic amines) is 1. The summed E-state index contributed by atoms with van der Waals surface area (Å²) in [6.07, 6.45) is 4.28. The maximum atomic E-state index is 13.2. The van der Waals surface area contributed by atoms with Crippen molar-refractivity contribution in [2.75, 3.05) is 33.8 Å². The first-order valence-corrected chi connectivity index (χ1v) is 14.4. The van der Waals surface area contributed by atoms with Crippen LogP contribution in [0.4, 0.5) is 0 Å². The highest BCUT2D eigenvalue weighted by Crippen LogP contribution is 2.28. The minimum absolute atomic E-state index is 0.214. The van der Waals surface area contributed by atoms with Crippen LogP contribution in [-0.2, 0) is 29.5 Å². The number of carbonyl (C=O) groups excluding carboxylic acids is 1. The van der Waals surface area contributed by atoms with Crippen LogP contribution in [0.25, 0.3) is 0 Å². The lowest BCUT2D eigenvalue weighted by molar-refractivity contribution is 0.0950. The van der Waals surface area contributed by atoms with Crippen molar-refractivity contribution in [1.29, 1.82) is 0 Å². The topological polar surface area (TPSA) is 92.1 Å². The van der Waals surface area contributed by atoms with Gasteiger partial charge in [-0.15, -0.1) is 0 Å². The van der Waals surface area contributed by atoms with Crippen LogP contribution in [0.1, 0.15) is 51.2 Å². The van der Waals surface area contributed by atoms with Gasteiger partial charge in [0.15, 0.2) is 0 Å². The fourth-order valence-electron chi connectivity index (χ4n) is 4.93. The summed E-state index contributed by atoms with van der Waals surface area (Å²) in [5.74, 6) is 0.946. The van der Waals surface area contributed by atoms with Crippen molar-refractivity contribution in [2.24, 2.45) is 0 Å². The summed E-state index contributed by atoms with van der Waals surface area (Å²) in [7, 11) is -0.598. The zero-order chi connectivity index (χ0) is 27.3. The van der Waals surface area contributed by atoms with Crippen molar-refractivity contribution in [3.05, 3.63) is 82.3 Å². The van der Waals surface area contributed by atoms with Crippen LogP contribution >= 0.6 is 0 Å². The summed E-state index contributed by atoms with van der Waals surface area (Å²) < 4.78 is 38.6. The molecule has 8 nitrogen and oxygen atoms in total. The predicted octanol–water partition coefficient (Wildman–Crippen LogP) is 4.29. The number of hydrogen-bond donors (Lipinski definition) is 1. The van der Waals surface area contributed by atoms with E-state index in [1.807, 2.05) is 12.1 Å². The van der Waals surface area contributed by atoms with E-state index in [4.69, 9.17) is 9.15 Å². The number of carbonyl (C=O) groups is 1. The molecule has 1 aliphatic heterocycles. The number of hydrogen-bond acceptors (Lipinski definition) is 6. The van der Waals surface area contributed by atoms with E-state index in [1.54, 1.807) is 46.2 Å². The van der Waals surface area contributed by atoms with Crippen LogP contribution < -0.4 is 10.1 Å². The number of rotatable bonds is 11. The van der Waals surface area contributed by atoms with Crippen LogP contribution in [0, 0.1) is 13.8 Å². The Hall–Kier alpha value is -3.14. The highest BCUT2D eigenvalue weighted by atomic mass is 32.2. The van der Waals surface area contributed by atoms with E-state index in [0.29, 0.717) is 41.2 Å². The van der Waals surface area contributed by atoms with Crippen LogP contribution in [0.5, 0.6) is 5.75 Å². The number of benzene rings is 2. The van der Waals surface area contributed by atoms with E-state index >= 15 is 0 Å². The molecule has 2 aromatic carbocycles. The molecular formula is C29H37N3O5S. The first-order valence-electron chi connectivity index (χ1n) is 12.9. The Morgan fingerprint density at radius 3 is 2.45 bits per heavy atom. The van der Waals surface area contributed by atoms with Crippen molar-refractivity contribution in [2.45, 2.75) is 51.1 Å². The smallest absolute Gasteiger partial charge is 0.254 e. The first-order chi connectivity index (χ1) is 18.2. The quantitative estimate of drug-likeness (QED) is 0.391. The number of sulfonamides is 1. The second-order valence-corrected chi connectivity index (χ2v) is 11.9. The Morgan fingerprint density at radius 1 is 1.08 bits per heavy atom. The van der Waals surface area contributed by atoms with E-state index in [-0.39, 0.29) is 17.3 Å². The van der Waals surface area contributed by atoms with E-state index in [0.717, 1.165) is 25.2 Å². The Kier molecular flexibility index (Phi) is 8.91. The van der Waals surface area contributed by atoms with E-state index in [2.05, 4.69) is 22.3 Å². The lowest BCUT2D eigenvalue weighted by atomic mass is 10.1. The third kappa shape index (κ3) is 6.64. The maximum absolute atomic E-state index is 13.2. The minimum Gasteiger partial charge on any atom is -0.497 e. The van der Waals surface area contributed by atoms with Crippen molar-refractivity contribution >= 4 is 15.9 Å². The average molecular weight is 540 g/mol. The summed E-state index contributed by atoms with van der Waals surface area (Å²) in [6.45, 7) is 7.39. The van der Waals surface area contributed by atoms with Crippen LogP contribution in [-0.4, -0.2) is 57.3 Å². The molecule has 0 radical (unpaired) electrons. The van der Waals surface area contributed by atoms with Crippen LogP contribution in [0.15, 0.2) is 58.0 Å². The Labute approximate surface area is 225 Å². The minimum atomic E-state index is -3.70. The number of likely N-dealkylation sites (N-methyl/N-ethyl adjacent to an activating group) is 1. The molecule has 0 spiro atoms. The predicted molar refractivity (Wildman–Crippen MR) is 147 cm³/mol. The van der Waals surface area contributed by atoms with Gasteiger partial charge < -0.3 is 14.5 Å². The van der Waals surface area contributed by atoms with Gasteiger partial charge in [0.25, 0.3) is 5.91 Å². The molecule has 2 heterocycles. The third-order valence-electron chi connectivity index (χ3n) is 6.98. The molecule has 3 aromatic rings. The number of nitrogens with zero attached hydrogens (tertiary/aromatic N) is 2. The molecule has 0 saturated carbocycles. The summed E-state index contributed by atoms with van der Waals surface area (Å²) in [4.78, 5) is 15.4. The number of ether oxygens (including phenoxy) is 1. The summed E-state index contributed by atoms with van der Waals surface area (Å²) in [5.41, 5.74) is 3.98. The standard InChI is InChI=1S/C29H37N3O5S/c1-21-14-27(36-4)15-22(2)28(21)38(34,35)31(3)13-10-26-17-25(20-37-26)29(33)30-18-23-8-7-9-24(16-23)19-32-11-5-6-12-32/h7-9,14-17,20H,5-6,10-13,18-19H2,1-4H3,(H,30,33). The molecule has 1 amide bonds. The molecule has 1 aliphatic rings. The fraction of sp³-hybridized carbons (Fsp3) is 0.414. The molecule has 9 heteroatoms. The van der Waals surface area contributed by atoms with E-state index in [1.165, 1.54) is 29.0 Å². The molecule has 38 heavy (non-hydrogen) atoms. The molecule has 0 unspecified atom stereocenters. The third-order valence-corrected chi connectivity index (χ3v) is 9.14. The lowest BCUT2D eigenvalue weighted by Crippen LogP contribution is -2.30. The van der Waals surface area contributed by atoms with E-state index in [9.17, 15) is 13.2 Å². The summed E-state index contributed by atoms with van der Waals surface area (Å²) in [6, 6.07) is 13.4. The monoisotopic (exact) mass is 539 g/mol. The molecule has 1 aromatic heterocycles. The van der Waals surface area contributed by atoms with Gasteiger partial charge in [-0.1, -0.05) is 24.3 Å². The van der Waals surface area contributed by atoms with Gasteiger partial charge in [-0.2, -0.15) is 0 Å². The Bertz CT molecular complexity index is 1350. The second-order valence-electron chi connectivity index (χ2n) is 9.95. The number of amides is 1. The van der Waals surface area contributed by atoms with Gasteiger partial charge in [0.05, 0.1) is 17.6 Å². The zero-order valence-corrected chi connectivity index (χ0v) is 23.4. The van der Waals surface area contributed by atoms with Gasteiger partial charge in [-0.3, -0.25) is 9.69 Å². The number of aryl methyl sites for hydroxylation is 2. The molecule has 0 bridgehead atoms. The van der Waals surface area contributed by atoms with Crippen molar-refractivity contribution in [3.8, 4) is 5.75 Å². The van der Waals surface area contributed by atoms with Gasteiger partial charge in [0.1, 0.15) is 17.8 Å². The molecule has 4 rings (SSSR count). The maximum Gasteiger partial charge on any atom is 0.254 e. The molecule has 0 atom stereocenters. The zero-order valence-electron chi connectivity index (χ0n) is 22.6. The second kappa shape index (κ2) is 12.1. The lowest BCUT2D eigenvalue weighted by Gasteiger charge is -2.20. The fourth-order valence-corrected chi connectivity index (χ4v) is 6.51. The highest BCUT2D eigenvalue weighted by Gasteiger charge is 2.25. The van der Waals surface area contributed by atoms with Gasteiger partial charge in [0.2, 0.25) is 10.0 Å². The number of furan rings is 1. The molecular weight excluding hydrogens is 502 g/mol. The normalized spacial score (nSPS) is 14.2. The molecule has 1 saturated heterocycles.